The highest BCUT2D eigenvalue weighted by Crippen LogP contribution is 2.67. The summed E-state index contributed by atoms with van der Waals surface area (Å²) in [7, 11) is 0. The highest BCUT2D eigenvalue weighted by atomic mass is 16.5. The van der Waals surface area contributed by atoms with E-state index in [1.165, 1.54) is 83.5 Å². The fraction of sp³-hybridized carbons (Fsp3) is 0.935. The lowest BCUT2D eigenvalue weighted by Crippen LogP contribution is -2.51. The van der Waals surface area contributed by atoms with Crippen LogP contribution in [0.15, 0.2) is 11.6 Å². The molecule has 0 aromatic carbocycles. The lowest BCUT2D eigenvalue weighted by molar-refractivity contribution is -0.0640. The van der Waals surface area contributed by atoms with Crippen molar-refractivity contribution in [2.45, 2.75) is 131 Å². The molecule has 3 fully saturated rings. The molecule has 0 N–H and O–H groups in total. The number of hydrogen-bond donors (Lipinski definition) is 0. The molecule has 8 unspecified atom stereocenters. The summed E-state index contributed by atoms with van der Waals surface area (Å²) >= 11 is 0. The molecule has 0 amide bonds. The fourth-order valence-corrected chi connectivity index (χ4v) is 9.19. The Morgan fingerprint density at radius 1 is 0.969 bits per heavy atom. The van der Waals surface area contributed by atoms with Gasteiger partial charge in [-0.15, -0.1) is 0 Å². The first-order chi connectivity index (χ1) is 15.3. The summed E-state index contributed by atoms with van der Waals surface area (Å²) < 4.78 is 6.29. The maximum Gasteiger partial charge on any atom is 0.0612 e. The minimum atomic E-state index is 0.468. The molecule has 4 rings (SSSR count). The highest BCUT2D eigenvalue weighted by Gasteiger charge is 2.59. The first kappa shape index (κ1) is 24.8. The van der Waals surface area contributed by atoms with Crippen molar-refractivity contribution in [2.75, 3.05) is 6.61 Å². The van der Waals surface area contributed by atoms with Gasteiger partial charge in [0.2, 0.25) is 0 Å². The molecule has 0 saturated heterocycles. The molecular formula is C31H54O. The Hall–Kier alpha value is -0.300. The van der Waals surface area contributed by atoms with Crippen LogP contribution in [0.25, 0.3) is 0 Å². The second kappa shape index (κ2) is 10.1. The van der Waals surface area contributed by atoms with E-state index in [4.69, 9.17) is 4.74 Å². The topological polar surface area (TPSA) is 9.23 Å². The molecule has 0 aromatic heterocycles. The molecule has 1 heteroatoms. The molecule has 0 heterocycles. The Balaban J connectivity index is 1.42. The normalized spacial score (nSPS) is 42.2. The van der Waals surface area contributed by atoms with Crippen LogP contribution in [0, 0.1) is 46.3 Å². The third-order valence-corrected chi connectivity index (χ3v) is 11.1. The molecule has 1 nitrogen and oxygen atoms in total. The van der Waals surface area contributed by atoms with Crippen LogP contribution in [0.1, 0.15) is 125 Å². The van der Waals surface area contributed by atoms with Crippen LogP contribution in [0.2, 0.25) is 0 Å². The number of fused-ring (bicyclic) bond motifs is 5. The van der Waals surface area contributed by atoms with Crippen molar-refractivity contribution in [3.05, 3.63) is 11.6 Å². The summed E-state index contributed by atoms with van der Waals surface area (Å²) in [6.07, 6.45) is 21.2. The Morgan fingerprint density at radius 3 is 2.53 bits per heavy atom. The van der Waals surface area contributed by atoms with E-state index in [0.29, 0.717) is 16.9 Å². The monoisotopic (exact) mass is 442 g/mol. The van der Waals surface area contributed by atoms with Crippen molar-refractivity contribution in [1.29, 1.82) is 0 Å². The number of hydrogen-bond acceptors (Lipinski definition) is 1. The SMILES string of the molecule is CCCCOC1CCC2(C)C(=CCC3C2CCC2(C)C(C(C)CCCC(C)C)CCC32)C1. The van der Waals surface area contributed by atoms with Gasteiger partial charge in [0.15, 0.2) is 0 Å². The third kappa shape index (κ3) is 4.63. The summed E-state index contributed by atoms with van der Waals surface area (Å²) in [5.74, 6) is 5.62. The van der Waals surface area contributed by atoms with E-state index in [1.807, 2.05) is 0 Å². The smallest absolute Gasteiger partial charge is 0.0612 e. The van der Waals surface area contributed by atoms with Crippen LogP contribution in [0.3, 0.4) is 0 Å². The quantitative estimate of drug-likeness (QED) is 0.255. The van der Waals surface area contributed by atoms with Crippen LogP contribution in [0.5, 0.6) is 0 Å². The number of allylic oxidation sites excluding steroid dienone is 1. The molecule has 4 aliphatic carbocycles. The van der Waals surface area contributed by atoms with E-state index in [1.54, 1.807) is 5.57 Å². The van der Waals surface area contributed by atoms with Gasteiger partial charge >= 0.3 is 0 Å². The Labute approximate surface area is 200 Å². The first-order valence-electron chi connectivity index (χ1n) is 14.6. The van der Waals surface area contributed by atoms with Crippen LogP contribution in [0.4, 0.5) is 0 Å². The Morgan fingerprint density at radius 2 is 1.78 bits per heavy atom. The standard InChI is InChI=1S/C31H54O/c1-7-8-20-32-25-16-18-30(5)24(21-25)12-13-26-28-15-14-27(23(4)11-9-10-22(2)3)31(28,6)19-17-29(26)30/h12,22-23,25-29H,7-11,13-21H2,1-6H3. The van der Waals surface area contributed by atoms with Crippen LogP contribution in [-0.2, 0) is 4.74 Å². The fourth-order valence-electron chi connectivity index (χ4n) is 9.19. The van der Waals surface area contributed by atoms with Gasteiger partial charge in [0, 0.05) is 6.61 Å². The maximum absolute atomic E-state index is 6.29. The first-order valence-corrected chi connectivity index (χ1v) is 14.6. The zero-order chi connectivity index (χ0) is 22.9. The highest BCUT2D eigenvalue weighted by molar-refractivity contribution is 5.25. The average Bonchev–Trinajstić information content (AvgIpc) is 3.11. The van der Waals surface area contributed by atoms with Gasteiger partial charge in [-0.05, 0) is 104 Å². The van der Waals surface area contributed by atoms with Gasteiger partial charge in [0.05, 0.1) is 6.10 Å². The van der Waals surface area contributed by atoms with Crippen molar-refractivity contribution in [3.8, 4) is 0 Å². The van der Waals surface area contributed by atoms with Gasteiger partial charge in [0.25, 0.3) is 0 Å². The summed E-state index contributed by atoms with van der Waals surface area (Å²) in [5, 5.41) is 0. The Bertz CT molecular complexity index is 649. The van der Waals surface area contributed by atoms with Crippen LogP contribution in [-0.4, -0.2) is 12.7 Å². The number of rotatable bonds is 9. The van der Waals surface area contributed by atoms with Gasteiger partial charge in [-0.2, -0.15) is 0 Å². The number of ether oxygens (including phenoxy) is 1. The zero-order valence-electron chi connectivity index (χ0n) is 22.4. The van der Waals surface area contributed by atoms with Crippen molar-refractivity contribution in [3.63, 3.8) is 0 Å². The summed E-state index contributed by atoms with van der Waals surface area (Å²) in [6.45, 7) is 16.0. The minimum absolute atomic E-state index is 0.468. The van der Waals surface area contributed by atoms with Gasteiger partial charge in [-0.3, -0.25) is 0 Å². The second-order valence-electron chi connectivity index (χ2n) is 13.4. The molecule has 0 aromatic rings. The minimum Gasteiger partial charge on any atom is -0.378 e. The van der Waals surface area contributed by atoms with E-state index in [9.17, 15) is 0 Å². The van der Waals surface area contributed by atoms with Gasteiger partial charge in [-0.1, -0.05) is 78.9 Å². The Kier molecular flexibility index (Phi) is 7.86. The lowest BCUT2D eigenvalue weighted by atomic mass is 9.47. The van der Waals surface area contributed by atoms with Gasteiger partial charge in [-0.25, -0.2) is 0 Å². The molecule has 32 heavy (non-hydrogen) atoms. The summed E-state index contributed by atoms with van der Waals surface area (Å²) in [6, 6.07) is 0. The summed E-state index contributed by atoms with van der Waals surface area (Å²) in [5.41, 5.74) is 2.86. The van der Waals surface area contributed by atoms with E-state index in [0.717, 1.165) is 42.1 Å². The van der Waals surface area contributed by atoms with Crippen LogP contribution < -0.4 is 0 Å². The largest absolute Gasteiger partial charge is 0.378 e. The van der Waals surface area contributed by atoms with E-state index >= 15 is 0 Å². The van der Waals surface area contributed by atoms with Crippen molar-refractivity contribution < 1.29 is 4.74 Å². The molecule has 0 aliphatic heterocycles. The summed E-state index contributed by atoms with van der Waals surface area (Å²) in [4.78, 5) is 0. The molecule has 3 saturated carbocycles. The van der Waals surface area contributed by atoms with Crippen LogP contribution >= 0.6 is 0 Å². The number of unbranched alkanes of at least 4 members (excludes halogenated alkanes) is 1. The lowest BCUT2D eigenvalue weighted by Gasteiger charge is -2.58. The van der Waals surface area contributed by atoms with Crippen molar-refractivity contribution >= 4 is 0 Å². The molecule has 184 valence electrons. The molecule has 0 spiro atoms. The van der Waals surface area contributed by atoms with Crippen molar-refractivity contribution in [1.82, 2.24) is 0 Å². The van der Waals surface area contributed by atoms with E-state index < -0.39 is 0 Å². The predicted octanol–water partition coefficient (Wildman–Crippen LogP) is 9.21. The van der Waals surface area contributed by atoms with Crippen molar-refractivity contribution in [2.24, 2.45) is 46.3 Å². The zero-order valence-corrected chi connectivity index (χ0v) is 22.4. The third-order valence-electron chi connectivity index (χ3n) is 11.1. The van der Waals surface area contributed by atoms with E-state index in [-0.39, 0.29) is 0 Å². The predicted molar refractivity (Wildman–Crippen MR) is 138 cm³/mol. The van der Waals surface area contributed by atoms with Gasteiger partial charge < -0.3 is 4.74 Å². The van der Waals surface area contributed by atoms with Gasteiger partial charge in [0.1, 0.15) is 0 Å². The molecule has 8 atom stereocenters. The molecule has 0 radical (unpaired) electrons. The maximum atomic E-state index is 6.29. The molecule has 0 bridgehead atoms. The molecule has 4 aliphatic rings. The molecular weight excluding hydrogens is 388 g/mol. The van der Waals surface area contributed by atoms with E-state index in [2.05, 4.69) is 47.6 Å². The second-order valence-corrected chi connectivity index (χ2v) is 13.4. The average molecular weight is 443 g/mol.